The number of hydrogen-bond acceptors (Lipinski definition) is 5. The first-order chi connectivity index (χ1) is 15.2. The van der Waals surface area contributed by atoms with Gasteiger partial charge in [0, 0.05) is 11.8 Å². The standard InChI is InChI=1S/C24H31NO2.C2H4O2/c1-4-5-6-7-8-9-21(18-10-11-18)20-12-14-22(25-17-20)19-13-15-23(26-2)24(16-19)27-3;1-4-2-3/h12-17H,4-11H2,1-3H3;2H,1H3. The van der Waals surface area contributed by atoms with E-state index in [-0.39, 0.29) is 0 Å². The number of pyridine rings is 1. The highest BCUT2D eigenvalue weighted by molar-refractivity contribution is 5.72. The van der Waals surface area contributed by atoms with Gasteiger partial charge in [-0.2, -0.15) is 0 Å². The molecule has 1 heterocycles. The first-order valence-electron chi connectivity index (χ1n) is 11.0. The van der Waals surface area contributed by atoms with Gasteiger partial charge in [0.15, 0.2) is 11.5 Å². The number of unbranched alkanes of at least 4 members (excludes halogenated alkanes) is 4. The van der Waals surface area contributed by atoms with Crippen molar-refractivity contribution in [3.8, 4) is 22.8 Å². The van der Waals surface area contributed by atoms with Gasteiger partial charge in [-0.25, -0.2) is 0 Å². The van der Waals surface area contributed by atoms with E-state index < -0.39 is 0 Å². The van der Waals surface area contributed by atoms with Gasteiger partial charge < -0.3 is 14.2 Å². The zero-order valence-corrected chi connectivity index (χ0v) is 19.3. The van der Waals surface area contributed by atoms with Crippen molar-refractivity contribution < 1.29 is 19.0 Å². The maximum absolute atomic E-state index is 8.95. The van der Waals surface area contributed by atoms with E-state index in [9.17, 15) is 0 Å². The summed E-state index contributed by atoms with van der Waals surface area (Å²) in [6.07, 6.45) is 12.4. The zero-order valence-electron chi connectivity index (χ0n) is 19.3. The minimum Gasteiger partial charge on any atom is -0.493 e. The average Bonchev–Trinajstić information content (AvgIpc) is 3.66. The summed E-state index contributed by atoms with van der Waals surface area (Å²) in [4.78, 5) is 13.7. The molecule has 0 unspecified atom stereocenters. The van der Waals surface area contributed by atoms with Crippen molar-refractivity contribution in [3.63, 3.8) is 0 Å². The molecule has 0 atom stereocenters. The van der Waals surface area contributed by atoms with E-state index in [1.54, 1.807) is 19.8 Å². The predicted molar refractivity (Wildman–Crippen MR) is 125 cm³/mol. The number of benzene rings is 1. The summed E-state index contributed by atoms with van der Waals surface area (Å²) in [7, 11) is 4.62. The van der Waals surface area contributed by atoms with Crippen molar-refractivity contribution >= 4 is 12.0 Å². The van der Waals surface area contributed by atoms with Gasteiger partial charge in [0.25, 0.3) is 6.47 Å². The van der Waals surface area contributed by atoms with Gasteiger partial charge in [-0.05, 0) is 61.1 Å². The molecular formula is C26H35NO4. The number of rotatable bonds is 11. The third-order valence-corrected chi connectivity index (χ3v) is 5.34. The quantitative estimate of drug-likeness (QED) is 0.305. The molecule has 0 N–H and O–H groups in total. The van der Waals surface area contributed by atoms with Gasteiger partial charge in [0.1, 0.15) is 0 Å². The van der Waals surface area contributed by atoms with E-state index in [1.807, 2.05) is 24.4 Å². The number of carbonyl (C=O) groups is 1. The predicted octanol–water partition coefficient (Wildman–Crippen LogP) is 6.46. The Kier molecular flexibility index (Phi) is 10.6. The van der Waals surface area contributed by atoms with E-state index in [1.165, 1.54) is 69.6 Å². The molecule has 1 saturated carbocycles. The van der Waals surface area contributed by atoms with Crippen LogP contribution in [-0.4, -0.2) is 32.8 Å². The van der Waals surface area contributed by atoms with Crippen molar-refractivity contribution in [3.05, 3.63) is 47.7 Å². The lowest BCUT2D eigenvalue weighted by Crippen LogP contribution is -1.93. The normalized spacial score (nSPS) is 11.8. The van der Waals surface area contributed by atoms with Crippen LogP contribution in [0.2, 0.25) is 0 Å². The third kappa shape index (κ3) is 7.74. The fourth-order valence-corrected chi connectivity index (χ4v) is 3.53. The molecule has 1 fully saturated rings. The Bertz CT molecular complexity index is 837. The summed E-state index contributed by atoms with van der Waals surface area (Å²) >= 11 is 0. The summed E-state index contributed by atoms with van der Waals surface area (Å²) in [6.45, 7) is 2.64. The van der Waals surface area contributed by atoms with Gasteiger partial charge in [0.2, 0.25) is 0 Å². The zero-order chi connectivity index (χ0) is 22.5. The average molecular weight is 426 g/mol. The van der Waals surface area contributed by atoms with Crippen LogP contribution in [0.4, 0.5) is 0 Å². The van der Waals surface area contributed by atoms with E-state index in [0.29, 0.717) is 6.47 Å². The molecule has 1 aliphatic carbocycles. The number of carbonyl (C=O) groups excluding carboxylic acids is 1. The summed E-state index contributed by atoms with van der Waals surface area (Å²) < 4.78 is 14.6. The van der Waals surface area contributed by atoms with Gasteiger partial charge >= 0.3 is 0 Å². The van der Waals surface area contributed by atoms with E-state index in [2.05, 4.69) is 23.8 Å². The SMILES string of the molecule is CCCCCCCC(=C1CC1)c1ccc(-c2ccc(OC)c(OC)c2)nc1.COC=O. The molecule has 1 aromatic carbocycles. The molecule has 0 spiro atoms. The van der Waals surface area contributed by atoms with Gasteiger partial charge in [-0.3, -0.25) is 9.78 Å². The van der Waals surface area contributed by atoms with Crippen LogP contribution in [0.15, 0.2) is 42.1 Å². The molecule has 31 heavy (non-hydrogen) atoms. The Morgan fingerprint density at radius 1 is 0.968 bits per heavy atom. The Balaban J connectivity index is 0.000000785. The third-order valence-electron chi connectivity index (χ3n) is 5.34. The van der Waals surface area contributed by atoms with Crippen LogP contribution < -0.4 is 9.47 Å². The first kappa shape index (κ1) is 24.4. The van der Waals surface area contributed by atoms with E-state index >= 15 is 0 Å². The second kappa shape index (κ2) is 13.5. The molecule has 1 aromatic heterocycles. The second-order valence-electron chi connectivity index (χ2n) is 7.58. The monoisotopic (exact) mass is 425 g/mol. The Labute approximate surface area is 186 Å². The molecule has 2 aromatic rings. The lowest BCUT2D eigenvalue weighted by Gasteiger charge is -2.11. The molecule has 0 amide bonds. The molecule has 0 bridgehead atoms. The van der Waals surface area contributed by atoms with Gasteiger partial charge in [-0.15, -0.1) is 0 Å². The maximum Gasteiger partial charge on any atom is 0.292 e. The number of hydrogen-bond donors (Lipinski definition) is 0. The highest BCUT2D eigenvalue weighted by atomic mass is 16.5. The van der Waals surface area contributed by atoms with Crippen molar-refractivity contribution in [2.45, 2.75) is 58.3 Å². The van der Waals surface area contributed by atoms with Crippen LogP contribution >= 0.6 is 0 Å². The molecular weight excluding hydrogens is 390 g/mol. The minimum absolute atomic E-state index is 0.375. The van der Waals surface area contributed by atoms with Crippen molar-refractivity contribution in [1.82, 2.24) is 4.98 Å². The Hall–Kier alpha value is -2.82. The number of nitrogens with zero attached hydrogens (tertiary/aromatic N) is 1. The van der Waals surface area contributed by atoms with Crippen LogP contribution in [0.25, 0.3) is 16.8 Å². The lowest BCUT2D eigenvalue weighted by molar-refractivity contribution is -0.126. The number of allylic oxidation sites excluding steroid dienone is 2. The fraction of sp³-hybridized carbons (Fsp3) is 0.462. The van der Waals surface area contributed by atoms with E-state index in [0.717, 1.165) is 22.8 Å². The molecule has 0 aliphatic heterocycles. The van der Waals surface area contributed by atoms with Crippen molar-refractivity contribution in [1.29, 1.82) is 0 Å². The van der Waals surface area contributed by atoms with Crippen LogP contribution in [-0.2, 0) is 9.53 Å². The Morgan fingerprint density at radius 2 is 1.68 bits per heavy atom. The summed E-state index contributed by atoms with van der Waals surface area (Å²) in [6, 6.07) is 10.3. The smallest absolute Gasteiger partial charge is 0.292 e. The van der Waals surface area contributed by atoms with Crippen LogP contribution in [0.1, 0.15) is 63.9 Å². The summed E-state index contributed by atoms with van der Waals surface area (Å²) in [5.74, 6) is 1.47. The van der Waals surface area contributed by atoms with Gasteiger partial charge in [0.05, 0.1) is 27.0 Å². The molecule has 5 nitrogen and oxygen atoms in total. The number of methoxy groups -OCH3 is 3. The number of ether oxygens (including phenoxy) is 3. The Morgan fingerprint density at radius 3 is 2.23 bits per heavy atom. The van der Waals surface area contributed by atoms with Gasteiger partial charge in [-0.1, -0.05) is 44.2 Å². The molecule has 5 heteroatoms. The molecule has 1 aliphatic rings. The summed E-state index contributed by atoms with van der Waals surface area (Å²) in [5.41, 5.74) is 6.47. The highest BCUT2D eigenvalue weighted by Gasteiger charge is 2.19. The topological polar surface area (TPSA) is 57.6 Å². The molecule has 0 radical (unpaired) electrons. The largest absolute Gasteiger partial charge is 0.493 e. The summed E-state index contributed by atoms with van der Waals surface area (Å²) in [5, 5.41) is 0. The van der Waals surface area contributed by atoms with Crippen LogP contribution in [0.5, 0.6) is 11.5 Å². The second-order valence-corrected chi connectivity index (χ2v) is 7.58. The first-order valence-corrected chi connectivity index (χ1v) is 11.0. The van der Waals surface area contributed by atoms with E-state index in [4.69, 9.17) is 19.3 Å². The molecule has 0 saturated heterocycles. The van der Waals surface area contributed by atoms with Crippen molar-refractivity contribution in [2.75, 3.05) is 21.3 Å². The van der Waals surface area contributed by atoms with Crippen LogP contribution in [0, 0.1) is 0 Å². The number of aromatic nitrogens is 1. The fourth-order valence-electron chi connectivity index (χ4n) is 3.53. The minimum atomic E-state index is 0.375. The molecule has 3 rings (SSSR count). The van der Waals surface area contributed by atoms with Crippen LogP contribution in [0.3, 0.4) is 0 Å². The lowest BCUT2D eigenvalue weighted by atomic mass is 9.98. The maximum atomic E-state index is 8.95. The van der Waals surface area contributed by atoms with Crippen molar-refractivity contribution in [2.24, 2.45) is 0 Å². The molecule has 168 valence electrons. The highest BCUT2D eigenvalue weighted by Crippen LogP contribution is 2.39.